The third kappa shape index (κ3) is 5.66. The molecule has 0 aromatic heterocycles. The highest BCUT2D eigenvalue weighted by Gasteiger charge is 2.13. The van der Waals surface area contributed by atoms with Crippen LogP contribution in [0.15, 0.2) is 29.2 Å². The Bertz CT molecular complexity index is 527. The van der Waals surface area contributed by atoms with E-state index in [-0.39, 0.29) is 24.0 Å². The van der Waals surface area contributed by atoms with E-state index in [0.717, 1.165) is 5.56 Å². The highest BCUT2D eigenvalue weighted by molar-refractivity contribution is 7.89. The average Bonchev–Trinajstić information content (AvgIpc) is 2.42. The van der Waals surface area contributed by atoms with Gasteiger partial charge in [0.25, 0.3) is 10.0 Å². The summed E-state index contributed by atoms with van der Waals surface area (Å²) < 4.78 is 28.4. The van der Waals surface area contributed by atoms with Crippen molar-refractivity contribution in [3.05, 3.63) is 29.8 Å². The van der Waals surface area contributed by atoms with E-state index >= 15 is 0 Å². The molecule has 20 heavy (non-hydrogen) atoms. The summed E-state index contributed by atoms with van der Waals surface area (Å²) in [4.78, 5) is 17.6. The summed E-state index contributed by atoms with van der Waals surface area (Å²) in [6.07, 6.45) is 0. The third-order valence-corrected chi connectivity index (χ3v) is 3.56. The maximum atomic E-state index is 11.8. The van der Waals surface area contributed by atoms with E-state index in [0.29, 0.717) is 6.54 Å². The van der Waals surface area contributed by atoms with E-state index < -0.39 is 10.0 Å². The molecule has 0 fully saturated rings. The number of amides is 1. The van der Waals surface area contributed by atoms with Crippen LogP contribution in [-0.2, 0) is 30.9 Å². The standard InChI is InChI=1S/C12H18N2O5S/c1-10(15)13-9-11-3-5-12(6-4-11)20(16,17)14-19-8-7-18-2/h3-6,14H,7-9H2,1-2H3,(H,13,15). The summed E-state index contributed by atoms with van der Waals surface area (Å²) in [6, 6.07) is 6.14. The predicted molar refractivity (Wildman–Crippen MR) is 72.1 cm³/mol. The van der Waals surface area contributed by atoms with Crippen LogP contribution in [0.25, 0.3) is 0 Å². The van der Waals surface area contributed by atoms with Gasteiger partial charge in [-0.1, -0.05) is 17.0 Å². The van der Waals surface area contributed by atoms with Crippen molar-refractivity contribution in [1.82, 2.24) is 10.2 Å². The Morgan fingerprint density at radius 1 is 1.20 bits per heavy atom. The second kappa shape index (κ2) is 7.95. The molecule has 1 aromatic carbocycles. The van der Waals surface area contributed by atoms with Crippen LogP contribution < -0.4 is 10.2 Å². The number of nitrogens with one attached hydrogen (secondary N) is 2. The molecule has 8 heteroatoms. The second-order valence-corrected chi connectivity index (χ2v) is 5.63. The van der Waals surface area contributed by atoms with Crippen molar-refractivity contribution in [1.29, 1.82) is 0 Å². The lowest BCUT2D eigenvalue weighted by molar-refractivity contribution is -0.119. The number of sulfonamides is 1. The fraction of sp³-hybridized carbons (Fsp3) is 0.417. The zero-order chi connectivity index (χ0) is 15.0. The Balaban J connectivity index is 2.60. The van der Waals surface area contributed by atoms with Crippen LogP contribution in [0, 0.1) is 0 Å². The van der Waals surface area contributed by atoms with Crippen molar-refractivity contribution in [2.45, 2.75) is 18.4 Å². The van der Waals surface area contributed by atoms with Crippen LogP contribution in [-0.4, -0.2) is 34.6 Å². The summed E-state index contributed by atoms with van der Waals surface area (Å²) in [5, 5.41) is 2.63. The molecule has 0 spiro atoms. The van der Waals surface area contributed by atoms with Gasteiger partial charge in [0.2, 0.25) is 5.91 Å². The first kappa shape index (κ1) is 16.6. The van der Waals surface area contributed by atoms with Crippen LogP contribution in [0.1, 0.15) is 12.5 Å². The van der Waals surface area contributed by atoms with Crippen molar-refractivity contribution in [2.75, 3.05) is 20.3 Å². The lowest BCUT2D eigenvalue weighted by atomic mass is 10.2. The number of carbonyl (C=O) groups excluding carboxylic acids is 1. The Kier molecular flexibility index (Phi) is 6.59. The van der Waals surface area contributed by atoms with Gasteiger partial charge in [-0.3, -0.25) is 9.63 Å². The first-order valence-electron chi connectivity index (χ1n) is 5.91. The van der Waals surface area contributed by atoms with Gasteiger partial charge in [0.05, 0.1) is 18.1 Å². The zero-order valence-corrected chi connectivity index (χ0v) is 12.2. The van der Waals surface area contributed by atoms with E-state index in [4.69, 9.17) is 9.57 Å². The number of ether oxygens (including phenoxy) is 1. The topological polar surface area (TPSA) is 93.7 Å². The minimum atomic E-state index is -3.70. The van der Waals surface area contributed by atoms with Crippen LogP contribution in [0.2, 0.25) is 0 Å². The summed E-state index contributed by atoms with van der Waals surface area (Å²) in [7, 11) is -2.21. The SMILES string of the molecule is COCCONS(=O)(=O)c1ccc(CNC(C)=O)cc1. The van der Waals surface area contributed by atoms with Gasteiger partial charge < -0.3 is 10.1 Å². The largest absolute Gasteiger partial charge is 0.382 e. The number of hydrogen-bond donors (Lipinski definition) is 2. The van der Waals surface area contributed by atoms with Crippen LogP contribution in [0.3, 0.4) is 0 Å². The normalized spacial score (nSPS) is 11.3. The molecule has 0 aliphatic rings. The monoisotopic (exact) mass is 302 g/mol. The molecule has 1 aromatic rings. The van der Waals surface area contributed by atoms with Gasteiger partial charge in [0.1, 0.15) is 0 Å². The fourth-order valence-electron chi connectivity index (χ4n) is 1.31. The van der Waals surface area contributed by atoms with Gasteiger partial charge in [-0.25, -0.2) is 8.42 Å². The van der Waals surface area contributed by atoms with Gasteiger partial charge in [-0.15, -0.1) is 0 Å². The summed E-state index contributed by atoms with van der Waals surface area (Å²) in [5.74, 6) is -0.144. The molecule has 0 radical (unpaired) electrons. The van der Waals surface area contributed by atoms with Crippen molar-refractivity contribution < 1.29 is 22.8 Å². The minimum Gasteiger partial charge on any atom is -0.382 e. The lowest BCUT2D eigenvalue weighted by Gasteiger charge is -2.08. The molecule has 0 unspecified atom stereocenters. The smallest absolute Gasteiger partial charge is 0.262 e. The van der Waals surface area contributed by atoms with Gasteiger partial charge in [0, 0.05) is 20.6 Å². The summed E-state index contributed by atoms with van der Waals surface area (Å²) in [6.45, 7) is 2.18. The van der Waals surface area contributed by atoms with Crippen molar-refractivity contribution in [2.24, 2.45) is 0 Å². The molecule has 0 bridgehead atoms. The zero-order valence-electron chi connectivity index (χ0n) is 11.4. The Hall–Kier alpha value is -1.48. The van der Waals surface area contributed by atoms with Gasteiger partial charge in [-0.05, 0) is 17.7 Å². The van der Waals surface area contributed by atoms with E-state index in [9.17, 15) is 13.2 Å². The first-order valence-corrected chi connectivity index (χ1v) is 7.40. The maximum absolute atomic E-state index is 11.8. The Labute approximate surface area is 118 Å². The van der Waals surface area contributed by atoms with E-state index in [2.05, 4.69) is 5.32 Å². The molecule has 1 rings (SSSR count). The van der Waals surface area contributed by atoms with Crippen molar-refractivity contribution in [3.63, 3.8) is 0 Å². The quantitative estimate of drug-likeness (QED) is 0.528. The Morgan fingerprint density at radius 2 is 1.85 bits per heavy atom. The van der Waals surface area contributed by atoms with Crippen LogP contribution in [0.4, 0.5) is 0 Å². The molecule has 112 valence electrons. The molecular formula is C12H18N2O5S. The first-order chi connectivity index (χ1) is 9.45. The highest BCUT2D eigenvalue weighted by atomic mass is 32.2. The molecule has 1 amide bonds. The molecule has 0 saturated heterocycles. The molecule has 0 saturated carbocycles. The van der Waals surface area contributed by atoms with E-state index in [1.54, 1.807) is 12.1 Å². The molecule has 0 atom stereocenters. The predicted octanol–water partition coefficient (Wildman–Crippen LogP) is 0.179. The van der Waals surface area contributed by atoms with Crippen LogP contribution >= 0.6 is 0 Å². The molecule has 0 aliphatic carbocycles. The molecule has 7 nitrogen and oxygen atoms in total. The number of methoxy groups -OCH3 is 1. The van der Waals surface area contributed by atoms with E-state index in [1.165, 1.54) is 26.2 Å². The summed E-state index contributed by atoms with van der Waals surface area (Å²) in [5.41, 5.74) is 0.805. The summed E-state index contributed by atoms with van der Waals surface area (Å²) >= 11 is 0. The number of benzene rings is 1. The number of carbonyl (C=O) groups is 1. The minimum absolute atomic E-state index is 0.0847. The highest BCUT2D eigenvalue weighted by Crippen LogP contribution is 2.10. The van der Waals surface area contributed by atoms with Crippen LogP contribution in [0.5, 0.6) is 0 Å². The van der Waals surface area contributed by atoms with Gasteiger partial charge in [0.15, 0.2) is 0 Å². The second-order valence-electron chi connectivity index (χ2n) is 3.98. The van der Waals surface area contributed by atoms with E-state index in [1.807, 2.05) is 4.89 Å². The molecular weight excluding hydrogens is 284 g/mol. The average molecular weight is 302 g/mol. The van der Waals surface area contributed by atoms with Gasteiger partial charge >= 0.3 is 0 Å². The van der Waals surface area contributed by atoms with Crippen molar-refractivity contribution >= 4 is 15.9 Å². The molecule has 0 aliphatic heterocycles. The fourth-order valence-corrected chi connectivity index (χ4v) is 2.13. The third-order valence-electron chi connectivity index (χ3n) is 2.33. The molecule has 2 N–H and O–H groups in total. The number of rotatable bonds is 8. The Morgan fingerprint density at radius 3 is 2.40 bits per heavy atom. The molecule has 0 heterocycles. The number of hydrogen-bond acceptors (Lipinski definition) is 5. The lowest BCUT2D eigenvalue weighted by Crippen LogP contribution is -2.25. The maximum Gasteiger partial charge on any atom is 0.262 e. The van der Waals surface area contributed by atoms with Crippen molar-refractivity contribution in [3.8, 4) is 0 Å². The van der Waals surface area contributed by atoms with Gasteiger partial charge in [-0.2, -0.15) is 0 Å².